The molecule has 0 spiro atoms. The maximum Gasteiger partial charge on any atom is 0.178 e. The highest BCUT2D eigenvalue weighted by Gasteiger charge is 2.62. The summed E-state index contributed by atoms with van der Waals surface area (Å²) in [5.74, 6) is 4.42. The Morgan fingerprint density at radius 3 is 2.83 bits per heavy atom. The summed E-state index contributed by atoms with van der Waals surface area (Å²) >= 11 is 2.02. The number of Topliss-reactive ketones (excluding diaryl/α,β-unsaturated/α-hetero) is 1. The van der Waals surface area contributed by atoms with Gasteiger partial charge in [0.05, 0.1) is 5.60 Å². The fourth-order valence-electron chi connectivity index (χ4n) is 9.49. The molecule has 6 nitrogen and oxygen atoms in total. The Bertz CT molecular complexity index is 1120. The van der Waals surface area contributed by atoms with Crippen LogP contribution in [0.3, 0.4) is 0 Å². The lowest BCUT2D eigenvalue weighted by Crippen LogP contribution is -2.58. The van der Waals surface area contributed by atoms with Crippen molar-refractivity contribution in [1.29, 1.82) is 0 Å². The number of pyridine rings is 1. The molecule has 1 N–H and O–H groups in total. The lowest BCUT2D eigenvalue weighted by atomic mass is 9.44. The van der Waals surface area contributed by atoms with Crippen molar-refractivity contribution in [1.82, 2.24) is 20.0 Å². The molecule has 190 valence electrons. The van der Waals surface area contributed by atoms with Crippen LogP contribution in [-0.4, -0.2) is 48.5 Å². The van der Waals surface area contributed by atoms with Gasteiger partial charge in [0, 0.05) is 12.1 Å². The summed E-state index contributed by atoms with van der Waals surface area (Å²) < 4.78 is 1.70. The highest BCUT2D eigenvalue weighted by molar-refractivity contribution is 7.98. The van der Waals surface area contributed by atoms with Crippen LogP contribution >= 0.6 is 11.8 Å². The van der Waals surface area contributed by atoms with E-state index < -0.39 is 5.60 Å². The average Bonchev–Trinajstić information content (AvgIpc) is 3.40. The first-order chi connectivity index (χ1) is 16.8. The summed E-state index contributed by atoms with van der Waals surface area (Å²) in [6, 6.07) is 3.76. The second-order valence-corrected chi connectivity index (χ2v) is 13.6. The molecule has 8 atom stereocenters. The summed E-state index contributed by atoms with van der Waals surface area (Å²) in [6.45, 7) is 4.77. The van der Waals surface area contributed by atoms with Gasteiger partial charge in [-0.25, -0.2) is 9.67 Å². The van der Waals surface area contributed by atoms with E-state index in [0.29, 0.717) is 28.7 Å². The average molecular weight is 497 g/mol. The van der Waals surface area contributed by atoms with Crippen LogP contribution in [0.25, 0.3) is 11.2 Å². The number of rotatable bonds is 5. The van der Waals surface area contributed by atoms with Gasteiger partial charge in [0.2, 0.25) is 0 Å². The largest absolute Gasteiger partial charge is 0.390 e. The highest BCUT2D eigenvalue weighted by atomic mass is 32.2. The third kappa shape index (κ3) is 3.70. The van der Waals surface area contributed by atoms with Crippen LogP contribution in [0, 0.1) is 40.4 Å². The maximum absolute atomic E-state index is 13.7. The lowest BCUT2D eigenvalue weighted by molar-refractivity contribution is -0.149. The van der Waals surface area contributed by atoms with E-state index in [0.717, 1.165) is 43.0 Å². The Morgan fingerprint density at radius 2 is 2.00 bits per heavy atom. The van der Waals surface area contributed by atoms with E-state index in [1.54, 1.807) is 10.9 Å². The van der Waals surface area contributed by atoms with Gasteiger partial charge in [-0.2, -0.15) is 11.8 Å². The van der Waals surface area contributed by atoms with Crippen molar-refractivity contribution in [3.05, 3.63) is 18.3 Å². The third-order valence-corrected chi connectivity index (χ3v) is 11.9. The number of thioether (sulfide) groups is 1. The molecular formula is C28H40N4O2S. The number of nitrogens with zero attached hydrogens (tertiary/aromatic N) is 4. The van der Waals surface area contributed by atoms with Gasteiger partial charge in [-0.15, -0.1) is 5.10 Å². The van der Waals surface area contributed by atoms with Crippen LogP contribution in [0.5, 0.6) is 0 Å². The fraction of sp³-hybridized carbons (Fsp3) is 0.786. The third-order valence-electron chi connectivity index (χ3n) is 11.0. The van der Waals surface area contributed by atoms with E-state index in [1.807, 2.05) is 23.9 Å². The van der Waals surface area contributed by atoms with E-state index in [1.165, 1.54) is 37.9 Å². The van der Waals surface area contributed by atoms with Crippen molar-refractivity contribution in [2.24, 2.45) is 40.4 Å². The Hall–Kier alpha value is -1.47. The molecule has 0 aromatic carbocycles. The number of aromatic nitrogens is 4. The first-order valence-corrected chi connectivity index (χ1v) is 15.0. The molecule has 7 heteroatoms. The highest BCUT2D eigenvalue weighted by Crippen LogP contribution is 2.68. The minimum absolute atomic E-state index is 0.0929. The van der Waals surface area contributed by atoms with E-state index in [2.05, 4.69) is 35.4 Å². The minimum atomic E-state index is -0.492. The smallest absolute Gasteiger partial charge is 0.178 e. The summed E-state index contributed by atoms with van der Waals surface area (Å²) in [5.41, 5.74) is 1.43. The monoisotopic (exact) mass is 496 g/mol. The van der Waals surface area contributed by atoms with Crippen LogP contribution in [0.4, 0.5) is 0 Å². The van der Waals surface area contributed by atoms with Gasteiger partial charge in [-0.1, -0.05) is 12.1 Å². The Kier molecular flexibility index (Phi) is 5.83. The van der Waals surface area contributed by atoms with Crippen molar-refractivity contribution < 1.29 is 9.90 Å². The van der Waals surface area contributed by atoms with Gasteiger partial charge in [0.1, 0.15) is 12.1 Å². The molecule has 0 aliphatic heterocycles. The van der Waals surface area contributed by atoms with Gasteiger partial charge in [-0.3, -0.25) is 4.79 Å². The van der Waals surface area contributed by atoms with Crippen LogP contribution in [0.15, 0.2) is 18.3 Å². The molecular weight excluding hydrogens is 456 g/mol. The predicted octanol–water partition coefficient (Wildman–Crippen LogP) is 5.15. The van der Waals surface area contributed by atoms with Crippen LogP contribution in [-0.2, 0) is 11.3 Å². The molecule has 6 rings (SSSR count). The van der Waals surface area contributed by atoms with Gasteiger partial charge in [0.15, 0.2) is 11.4 Å². The number of aliphatic hydroxyl groups is 1. The summed E-state index contributed by atoms with van der Waals surface area (Å²) in [4.78, 5) is 18.1. The first-order valence-electron chi connectivity index (χ1n) is 13.7. The molecule has 4 aliphatic rings. The minimum Gasteiger partial charge on any atom is -0.390 e. The molecule has 4 saturated carbocycles. The van der Waals surface area contributed by atoms with E-state index >= 15 is 0 Å². The Morgan fingerprint density at radius 1 is 1.14 bits per heavy atom. The van der Waals surface area contributed by atoms with Gasteiger partial charge in [0.25, 0.3) is 0 Å². The van der Waals surface area contributed by atoms with Crippen LogP contribution in [0.2, 0.25) is 0 Å². The number of hydrogen-bond acceptors (Lipinski definition) is 6. The summed E-state index contributed by atoms with van der Waals surface area (Å²) in [6.07, 6.45) is 14.2. The molecule has 0 bridgehead atoms. The van der Waals surface area contributed by atoms with Gasteiger partial charge < -0.3 is 5.11 Å². The van der Waals surface area contributed by atoms with Gasteiger partial charge in [-0.05, 0) is 123 Å². The lowest BCUT2D eigenvalue weighted by Gasteiger charge is -2.62. The Balaban J connectivity index is 1.24. The SMILES string of the molecule is CSC[C@]12CC[C@@](C)(O)C[C@H]1CC[C@H]1[C@@H]3CC[C@H](C(=O)Cn4nnc5cccnc54)[C@@]3(C)CC[C@@H]12. The van der Waals surface area contributed by atoms with E-state index in [9.17, 15) is 9.90 Å². The standard InChI is InChI=1S/C28H40N4O2S/c1-26(34)12-13-28(17-35-3)18(15-26)6-7-19-20-8-9-22(27(20,2)11-10-21(19)28)24(33)16-32-25-23(30-31-32)5-4-14-29-25/h4-5,14,18-22,34H,6-13,15-17H2,1-3H3/t18-,19+,20+,21+,22-,26-,27+,28-/m1/s1. The van der Waals surface area contributed by atoms with Crippen molar-refractivity contribution >= 4 is 28.7 Å². The number of carbonyl (C=O) groups is 1. The van der Waals surface area contributed by atoms with E-state index in [-0.39, 0.29) is 17.9 Å². The first kappa shape index (κ1) is 23.9. The fourth-order valence-corrected chi connectivity index (χ4v) is 10.6. The van der Waals surface area contributed by atoms with E-state index in [4.69, 9.17) is 0 Å². The second kappa shape index (κ2) is 8.54. The van der Waals surface area contributed by atoms with Crippen LogP contribution in [0.1, 0.15) is 71.6 Å². The molecule has 4 aliphatic carbocycles. The van der Waals surface area contributed by atoms with Crippen molar-refractivity contribution in [2.45, 2.75) is 83.8 Å². The van der Waals surface area contributed by atoms with Crippen molar-refractivity contribution in [3.8, 4) is 0 Å². The summed E-state index contributed by atoms with van der Waals surface area (Å²) in [5, 5.41) is 19.3. The summed E-state index contributed by atoms with van der Waals surface area (Å²) in [7, 11) is 0. The van der Waals surface area contributed by atoms with Crippen molar-refractivity contribution in [3.63, 3.8) is 0 Å². The zero-order valence-corrected chi connectivity index (χ0v) is 22.3. The molecule has 35 heavy (non-hydrogen) atoms. The second-order valence-electron chi connectivity index (χ2n) is 12.8. The molecule has 0 radical (unpaired) electrons. The quantitative estimate of drug-likeness (QED) is 0.617. The maximum atomic E-state index is 13.7. The zero-order valence-electron chi connectivity index (χ0n) is 21.4. The molecule has 0 saturated heterocycles. The molecule has 4 fully saturated rings. The number of carbonyl (C=O) groups excluding carboxylic acids is 1. The zero-order chi connectivity index (χ0) is 24.4. The normalized spacial score (nSPS) is 42.9. The number of ketones is 1. The predicted molar refractivity (Wildman–Crippen MR) is 139 cm³/mol. The topological polar surface area (TPSA) is 80.9 Å². The molecule has 2 aromatic rings. The Labute approximate surface area is 213 Å². The number of fused-ring (bicyclic) bond motifs is 6. The molecule has 0 amide bonds. The molecule has 0 unspecified atom stereocenters. The van der Waals surface area contributed by atoms with Gasteiger partial charge >= 0.3 is 0 Å². The van der Waals surface area contributed by atoms with Crippen LogP contribution < -0.4 is 0 Å². The van der Waals surface area contributed by atoms with Crippen molar-refractivity contribution in [2.75, 3.05) is 12.0 Å². The number of hydrogen-bond donors (Lipinski definition) is 1. The molecule has 2 aromatic heterocycles. The molecule has 2 heterocycles.